The second-order valence-corrected chi connectivity index (χ2v) is 8.47. The van der Waals surface area contributed by atoms with Crippen LogP contribution in [0.25, 0.3) is 0 Å². The van der Waals surface area contributed by atoms with Gasteiger partial charge in [-0.2, -0.15) is 0 Å². The lowest BCUT2D eigenvalue weighted by Gasteiger charge is -2.23. The molecule has 0 spiro atoms. The maximum Gasteiger partial charge on any atom is 0.347 e. The molecule has 1 heterocycles. The second-order valence-electron chi connectivity index (χ2n) is 6.24. The van der Waals surface area contributed by atoms with E-state index in [0.717, 1.165) is 5.56 Å². The molecule has 8 heteroatoms. The van der Waals surface area contributed by atoms with Crippen molar-refractivity contribution >= 4 is 21.7 Å². The van der Waals surface area contributed by atoms with Crippen molar-refractivity contribution in [2.24, 2.45) is 0 Å². The first-order valence-corrected chi connectivity index (χ1v) is 9.86. The topological polar surface area (TPSA) is 90.0 Å². The molecule has 2 atom stereocenters. The summed E-state index contributed by atoms with van der Waals surface area (Å²) < 4.78 is 33.4. The average Bonchev–Trinajstić information content (AvgIpc) is 2.93. The molecule has 1 saturated heterocycles. The SMILES string of the molecule is Cc1ccc(OC(C)C(=O)OCC(=O)N(C)C2CCS(=O)(=O)C2)cc1. The molecule has 0 N–H and O–H groups in total. The number of ether oxygens (including phenoxy) is 2. The van der Waals surface area contributed by atoms with E-state index in [9.17, 15) is 18.0 Å². The fraction of sp³-hybridized carbons (Fsp3) is 0.529. The van der Waals surface area contributed by atoms with Crippen LogP contribution in [0.4, 0.5) is 0 Å². The summed E-state index contributed by atoms with van der Waals surface area (Å²) in [5, 5.41) is 0. The van der Waals surface area contributed by atoms with Crippen LogP contribution in [0.5, 0.6) is 5.75 Å². The van der Waals surface area contributed by atoms with Gasteiger partial charge in [-0.1, -0.05) is 17.7 Å². The average molecular weight is 369 g/mol. The third-order valence-electron chi connectivity index (χ3n) is 4.15. The Morgan fingerprint density at radius 1 is 1.28 bits per heavy atom. The van der Waals surface area contributed by atoms with Gasteiger partial charge in [0, 0.05) is 13.1 Å². The van der Waals surface area contributed by atoms with E-state index in [-0.39, 0.29) is 17.5 Å². The molecule has 0 bridgehead atoms. The Labute approximate surface area is 147 Å². The molecule has 25 heavy (non-hydrogen) atoms. The largest absolute Gasteiger partial charge is 0.479 e. The van der Waals surface area contributed by atoms with Crippen LogP contribution in [0.2, 0.25) is 0 Å². The molecule has 138 valence electrons. The number of hydrogen-bond acceptors (Lipinski definition) is 6. The minimum atomic E-state index is -3.08. The normalized spacial score (nSPS) is 19.9. The van der Waals surface area contributed by atoms with Gasteiger partial charge in [0.1, 0.15) is 5.75 Å². The lowest BCUT2D eigenvalue weighted by molar-refractivity contribution is -0.157. The van der Waals surface area contributed by atoms with Crippen LogP contribution in [0.3, 0.4) is 0 Å². The predicted octanol–water partition coefficient (Wildman–Crippen LogP) is 0.951. The standard InChI is InChI=1S/C17H23NO6S/c1-12-4-6-15(7-5-12)24-13(2)17(20)23-10-16(19)18(3)14-8-9-25(21,22)11-14/h4-7,13-14H,8-11H2,1-3H3. The molecule has 1 fully saturated rings. The quantitative estimate of drug-likeness (QED) is 0.694. The smallest absolute Gasteiger partial charge is 0.347 e. The van der Waals surface area contributed by atoms with Gasteiger partial charge in [0.15, 0.2) is 22.5 Å². The molecular formula is C17H23NO6S. The van der Waals surface area contributed by atoms with Crippen molar-refractivity contribution in [3.63, 3.8) is 0 Å². The monoisotopic (exact) mass is 369 g/mol. The summed E-state index contributed by atoms with van der Waals surface area (Å²) in [7, 11) is -1.56. The highest BCUT2D eigenvalue weighted by molar-refractivity contribution is 7.91. The summed E-state index contributed by atoms with van der Waals surface area (Å²) in [6, 6.07) is 6.86. The summed E-state index contributed by atoms with van der Waals surface area (Å²) in [4.78, 5) is 25.4. The molecule has 1 aliphatic rings. The minimum absolute atomic E-state index is 0.0455. The third kappa shape index (κ3) is 5.45. The number of hydrogen-bond donors (Lipinski definition) is 0. The number of nitrogens with zero attached hydrogens (tertiary/aromatic N) is 1. The van der Waals surface area contributed by atoms with Crippen molar-refractivity contribution < 1.29 is 27.5 Å². The molecule has 7 nitrogen and oxygen atoms in total. The summed E-state index contributed by atoms with van der Waals surface area (Å²) in [6.45, 7) is 3.05. The van der Waals surface area contributed by atoms with Gasteiger partial charge in [-0.15, -0.1) is 0 Å². The first kappa shape index (κ1) is 19.2. The highest BCUT2D eigenvalue weighted by Crippen LogP contribution is 2.17. The van der Waals surface area contributed by atoms with E-state index < -0.39 is 34.4 Å². The van der Waals surface area contributed by atoms with Gasteiger partial charge in [0.05, 0.1) is 11.5 Å². The number of rotatable bonds is 6. The molecule has 2 unspecified atom stereocenters. The second kappa shape index (κ2) is 7.86. The molecule has 1 aliphatic heterocycles. The molecule has 2 rings (SSSR count). The van der Waals surface area contributed by atoms with Crippen molar-refractivity contribution in [2.75, 3.05) is 25.2 Å². The zero-order chi connectivity index (χ0) is 18.6. The summed E-state index contributed by atoms with van der Waals surface area (Å²) in [6.07, 6.45) is -0.446. The van der Waals surface area contributed by atoms with Crippen LogP contribution in [-0.4, -0.2) is 62.5 Å². The fourth-order valence-electron chi connectivity index (χ4n) is 2.51. The third-order valence-corrected chi connectivity index (χ3v) is 5.90. The van der Waals surface area contributed by atoms with E-state index in [1.54, 1.807) is 19.1 Å². The first-order chi connectivity index (χ1) is 11.7. The van der Waals surface area contributed by atoms with E-state index in [2.05, 4.69) is 0 Å². The van der Waals surface area contributed by atoms with Gasteiger partial charge in [0.2, 0.25) is 0 Å². The Morgan fingerprint density at radius 2 is 1.92 bits per heavy atom. The number of carbonyl (C=O) groups is 2. The van der Waals surface area contributed by atoms with E-state index in [4.69, 9.17) is 9.47 Å². The Bertz CT molecular complexity index is 728. The zero-order valence-electron chi connectivity index (χ0n) is 14.6. The highest BCUT2D eigenvalue weighted by atomic mass is 32.2. The summed E-state index contributed by atoms with van der Waals surface area (Å²) in [5.74, 6) is -0.513. The van der Waals surface area contributed by atoms with Crippen LogP contribution in [0, 0.1) is 6.92 Å². The zero-order valence-corrected chi connectivity index (χ0v) is 15.4. The highest BCUT2D eigenvalue weighted by Gasteiger charge is 2.33. The Morgan fingerprint density at radius 3 is 2.48 bits per heavy atom. The molecule has 1 aromatic rings. The number of sulfone groups is 1. The fourth-order valence-corrected chi connectivity index (χ4v) is 4.28. The van der Waals surface area contributed by atoms with E-state index >= 15 is 0 Å². The maximum absolute atomic E-state index is 12.1. The number of aryl methyl sites for hydroxylation is 1. The molecule has 0 aromatic heterocycles. The van der Waals surface area contributed by atoms with Crippen LogP contribution in [0.15, 0.2) is 24.3 Å². The minimum Gasteiger partial charge on any atom is -0.479 e. The molecule has 0 aliphatic carbocycles. The van der Waals surface area contributed by atoms with Crippen molar-refractivity contribution in [1.82, 2.24) is 4.90 Å². The molecule has 0 saturated carbocycles. The maximum atomic E-state index is 12.1. The summed E-state index contributed by atoms with van der Waals surface area (Å²) in [5.41, 5.74) is 1.07. The number of amides is 1. The lowest BCUT2D eigenvalue weighted by Crippen LogP contribution is -2.41. The van der Waals surface area contributed by atoms with Gasteiger partial charge >= 0.3 is 5.97 Å². The molecule has 1 amide bonds. The van der Waals surface area contributed by atoms with E-state index in [1.807, 2.05) is 19.1 Å². The van der Waals surface area contributed by atoms with E-state index in [1.165, 1.54) is 11.9 Å². The van der Waals surface area contributed by atoms with Gasteiger partial charge in [-0.25, -0.2) is 13.2 Å². The van der Waals surface area contributed by atoms with Crippen LogP contribution < -0.4 is 4.74 Å². The van der Waals surface area contributed by atoms with Crippen molar-refractivity contribution in [2.45, 2.75) is 32.4 Å². The van der Waals surface area contributed by atoms with Crippen molar-refractivity contribution in [3.8, 4) is 5.75 Å². The Kier molecular flexibility index (Phi) is 6.05. The van der Waals surface area contributed by atoms with Crippen molar-refractivity contribution in [1.29, 1.82) is 0 Å². The molecular weight excluding hydrogens is 346 g/mol. The number of carbonyl (C=O) groups excluding carboxylic acids is 2. The molecule has 0 radical (unpaired) electrons. The number of benzene rings is 1. The van der Waals surface area contributed by atoms with Crippen LogP contribution >= 0.6 is 0 Å². The van der Waals surface area contributed by atoms with Gasteiger partial charge in [0.25, 0.3) is 5.91 Å². The van der Waals surface area contributed by atoms with E-state index in [0.29, 0.717) is 12.2 Å². The first-order valence-electron chi connectivity index (χ1n) is 8.04. The van der Waals surface area contributed by atoms with Gasteiger partial charge < -0.3 is 14.4 Å². The Balaban J connectivity index is 1.80. The number of likely N-dealkylation sites (N-methyl/N-ethyl adjacent to an activating group) is 1. The Hall–Kier alpha value is -2.09. The van der Waals surface area contributed by atoms with Crippen molar-refractivity contribution in [3.05, 3.63) is 29.8 Å². The van der Waals surface area contributed by atoms with Crippen LogP contribution in [-0.2, 0) is 24.2 Å². The lowest BCUT2D eigenvalue weighted by atomic mass is 10.2. The molecule has 1 aromatic carbocycles. The summed E-state index contributed by atoms with van der Waals surface area (Å²) >= 11 is 0. The van der Waals surface area contributed by atoms with Gasteiger partial charge in [-0.3, -0.25) is 4.79 Å². The number of esters is 1. The van der Waals surface area contributed by atoms with Gasteiger partial charge in [-0.05, 0) is 32.4 Å². The van der Waals surface area contributed by atoms with Crippen LogP contribution in [0.1, 0.15) is 18.9 Å². The predicted molar refractivity (Wildman–Crippen MR) is 92.1 cm³/mol.